The molecule has 0 unspecified atom stereocenters. The van der Waals surface area contributed by atoms with Crippen LogP contribution in [0.15, 0.2) is 16.6 Å². The zero-order valence-corrected chi connectivity index (χ0v) is 10.9. The first-order valence-electron chi connectivity index (χ1n) is 4.54. The molecule has 0 saturated heterocycles. The van der Waals surface area contributed by atoms with Gasteiger partial charge in [0, 0.05) is 4.47 Å². The number of hydrogen-bond donors (Lipinski definition) is 1. The molecule has 84 valence electrons. The average molecular weight is 275 g/mol. The Balaban J connectivity index is 3.44. The quantitative estimate of drug-likeness (QED) is 0.921. The van der Waals surface area contributed by atoms with E-state index in [4.69, 9.17) is 9.47 Å². The zero-order valence-electron chi connectivity index (χ0n) is 9.30. The molecular weight excluding hydrogens is 260 g/mol. The van der Waals surface area contributed by atoms with E-state index in [2.05, 4.69) is 15.9 Å². The maximum Gasteiger partial charge on any atom is 0.129 e. The van der Waals surface area contributed by atoms with Crippen LogP contribution in [0.3, 0.4) is 0 Å². The predicted octanol–water partition coefficient (Wildman–Crippen LogP) is 2.69. The maximum atomic E-state index is 10.0. The van der Waals surface area contributed by atoms with Gasteiger partial charge < -0.3 is 14.6 Å². The fourth-order valence-electron chi connectivity index (χ4n) is 1.48. The first-order chi connectivity index (χ1) is 6.90. The summed E-state index contributed by atoms with van der Waals surface area (Å²) in [6, 6.07) is 3.60. The maximum absolute atomic E-state index is 10.0. The monoisotopic (exact) mass is 274 g/mol. The molecule has 3 nitrogen and oxygen atoms in total. The van der Waals surface area contributed by atoms with Crippen molar-refractivity contribution >= 4 is 15.9 Å². The lowest BCUT2D eigenvalue weighted by Crippen LogP contribution is -2.18. The summed E-state index contributed by atoms with van der Waals surface area (Å²) in [6.07, 6.45) is 0. The average Bonchev–Trinajstić information content (AvgIpc) is 2.14. The van der Waals surface area contributed by atoms with E-state index in [1.165, 1.54) is 0 Å². The molecule has 0 radical (unpaired) electrons. The second kappa shape index (κ2) is 4.41. The summed E-state index contributed by atoms with van der Waals surface area (Å²) >= 11 is 3.35. The fourth-order valence-corrected chi connectivity index (χ4v) is 1.90. The van der Waals surface area contributed by atoms with E-state index in [1.807, 2.05) is 0 Å². The third kappa shape index (κ3) is 2.63. The van der Waals surface area contributed by atoms with Gasteiger partial charge in [0.25, 0.3) is 0 Å². The van der Waals surface area contributed by atoms with Gasteiger partial charge in [0.05, 0.1) is 25.4 Å². The van der Waals surface area contributed by atoms with Crippen LogP contribution in [0.25, 0.3) is 0 Å². The highest BCUT2D eigenvalue weighted by atomic mass is 79.9. The van der Waals surface area contributed by atoms with Gasteiger partial charge >= 0.3 is 0 Å². The molecule has 4 heteroatoms. The van der Waals surface area contributed by atoms with Crippen LogP contribution < -0.4 is 9.47 Å². The molecule has 0 aliphatic rings. The number of ether oxygens (including phenoxy) is 2. The highest BCUT2D eigenvalue weighted by Gasteiger charge is 2.26. The minimum Gasteiger partial charge on any atom is -0.496 e. The smallest absolute Gasteiger partial charge is 0.129 e. The molecule has 0 amide bonds. The molecule has 1 aromatic rings. The Bertz CT molecular complexity index is 330. The lowest BCUT2D eigenvalue weighted by Gasteiger charge is -2.23. The number of halogens is 1. The molecule has 0 fully saturated rings. The van der Waals surface area contributed by atoms with E-state index in [9.17, 15) is 5.11 Å². The molecule has 15 heavy (non-hydrogen) atoms. The van der Waals surface area contributed by atoms with Crippen LogP contribution in [0.1, 0.15) is 19.4 Å². The van der Waals surface area contributed by atoms with Crippen LogP contribution in [0.2, 0.25) is 0 Å². The topological polar surface area (TPSA) is 38.7 Å². The molecule has 0 aliphatic carbocycles. The Labute approximate surface area is 98.1 Å². The van der Waals surface area contributed by atoms with Gasteiger partial charge in [-0.1, -0.05) is 15.9 Å². The van der Waals surface area contributed by atoms with Crippen molar-refractivity contribution in [3.63, 3.8) is 0 Å². The number of aliphatic hydroxyl groups is 1. The van der Waals surface area contributed by atoms with Crippen molar-refractivity contribution < 1.29 is 14.6 Å². The van der Waals surface area contributed by atoms with Crippen LogP contribution in [-0.2, 0) is 5.60 Å². The Hall–Kier alpha value is -0.740. The van der Waals surface area contributed by atoms with Crippen molar-refractivity contribution in [2.75, 3.05) is 14.2 Å². The van der Waals surface area contributed by atoms with Crippen molar-refractivity contribution in [1.82, 2.24) is 0 Å². The molecule has 0 heterocycles. The largest absolute Gasteiger partial charge is 0.496 e. The second-order valence-electron chi connectivity index (χ2n) is 3.74. The summed E-state index contributed by atoms with van der Waals surface area (Å²) in [6.45, 7) is 3.39. The number of hydrogen-bond acceptors (Lipinski definition) is 3. The first kappa shape index (κ1) is 12.3. The molecule has 0 aliphatic heterocycles. The van der Waals surface area contributed by atoms with Gasteiger partial charge in [0.15, 0.2) is 0 Å². The van der Waals surface area contributed by atoms with Crippen molar-refractivity contribution in [2.45, 2.75) is 19.4 Å². The number of benzene rings is 1. The molecule has 0 aromatic heterocycles. The Morgan fingerprint density at radius 3 is 1.80 bits per heavy atom. The lowest BCUT2D eigenvalue weighted by atomic mass is 9.96. The predicted molar refractivity (Wildman–Crippen MR) is 62.5 cm³/mol. The second-order valence-corrected chi connectivity index (χ2v) is 4.66. The minimum absolute atomic E-state index is 0.605. The SMILES string of the molecule is COc1cc(Br)cc(OC)c1C(C)(C)O. The highest BCUT2D eigenvalue weighted by molar-refractivity contribution is 9.10. The van der Waals surface area contributed by atoms with E-state index in [0.717, 1.165) is 4.47 Å². The molecule has 0 saturated carbocycles. The van der Waals surface area contributed by atoms with Gasteiger partial charge in [-0.3, -0.25) is 0 Å². The van der Waals surface area contributed by atoms with E-state index < -0.39 is 5.60 Å². The summed E-state index contributed by atoms with van der Waals surface area (Å²) in [4.78, 5) is 0. The zero-order chi connectivity index (χ0) is 11.6. The summed E-state index contributed by atoms with van der Waals surface area (Å²) in [5, 5.41) is 10.0. The third-order valence-corrected chi connectivity index (χ3v) is 2.54. The van der Waals surface area contributed by atoms with Gasteiger partial charge in [-0.2, -0.15) is 0 Å². The van der Waals surface area contributed by atoms with Crippen molar-refractivity contribution in [3.05, 3.63) is 22.2 Å². The Morgan fingerprint density at radius 1 is 1.13 bits per heavy atom. The van der Waals surface area contributed by atoms with Crippen molar-refractivity contribution in [3.8, 4) is 11.5 Å². The molecular formula is C11H15BrO3. The van der Waals surface area contributed by atoms with Gasteiger partial charge in [0.2, 0.25) is 0 Å². The van der Waals surface area contributed by atoms with Crippen molar-refractivity contribution in [1.29, 1.82) is 0 Å². The Kier molecular flexibility index (Phi) is 3.62. The van der Waals surface area contributed by atoms with Gasteiger partial charge in [0.1, 0.15) is 11.5 Å². The Morgan fingerprint density at radius 2 is 1.53 bits per heavy atom. The van der Waals surface area contributed by atoms with E-state index in [-0.39, 0.29) is 0 Å². The first-order valence-corrected chi connectivity index (χ1v) is 5.34. The molecule has 1 rings (SSSR count). The normalized spacial score (nSPS) is 11.3. The number of rotatable bonds is 3. The fraction of sp³-hybridized carbons (Fsp3) is 0.455. The molecule has 0 bridgehead atoms. The highest BCUT2D eigenvalue weighted by Crippen LogP contribution is 2.39. The molecule has 1 aromatic carbocycles. The molecule has 0 atom stereocenters. The van der Waals surface area contributed by atoms with Gasteiger partial charge in [-0.05, 0) is 26.0 Å². The lowest BCUT2D eigenvalue weighted by molar-refractivity contribution is 0.0726. The van der Waals surface area contributed by atoms with Crippen LogP contribution in [0.5, 0.6) is 11.5 Å². The van der Waals surface area contributed by atoms with Crippen LogP contribution in [-0.4, -0.2) is 19.3 Å². The van der Waals surface area contributed by atoms with E-state index >= 15 is 0 Å². The van der Waals surface area contributed by atoms with Crippen LogP contribution in [0, 0.1) is 0 Å². The minimum atomic E-state index is -1.00. The molecule has 0 spiro atoms. The summed E-state index contributed by atoms with van der Waals surface area (Å²) in [7, 11) is 3.13. The van der Waals surface area contributed by atoms with E-state index in [1.54, 1.807) is 40.2 Å². The van der Waals surface area contributed by atoms with Crippen molar-refractivity contribution in [2.24, 2.45) is 0 Å². The van der Waals surface area contributed by atoms with Gasteiger partial charge in [-0.25, -0.2) is 0 Å². The molecule has 1 N–H and O–H groups in total. The summed E-state index contributed by atoms with van der Waals surface area (Å²) < 4.78 is 11.3. The summed E-state index contributed by atoms with van der Waals surface area (Å²) in [5.41, 5.74) is -0.354. The third-order valence-electron chi connectivity index (χ3n) is 2.08. The standard InChI is InChI=1S/C11H15BrO3/c1-11(2,13)10-8(14-3)5-7(12)6-9(10)15-4/h5-6,13H,1-4H3. The van der Waals surface area contributed by atoms with Gasteiger partial charge in [-0.15, -0.1) is 0 Å². The summed E-state index contributed by atoms with van der Waals surface area (Å²) in [5.74, 6) is 1.21. The number of methoxy groups -OCH3 is 2. The van der Waals surface area contributed by atoms with Crippen LogP contribution >= 0.6 is 15.9 Å². The van der Waals surface area contributed by atoms with Crippen LogP contribution in [0.4, 0.5) is 0 Å². The van der Waals surface area contributed by atoms with E-state index in [0.29, 0.717) is 17.1 Å².